The summed E-state index contributed by atoms with van der Waals surface area (Å²) in [5.74, 6) is 0.803. The number of H-pyrrole nitrogens is 1. The van der Waals surface area contributed by atoms with Crippen LogP contribution in [0.1, 0.15) is 60.6 Å². The molecule has 7 heteroatoms. The molecule has 144 valence electrons. The molecule has 1 atom stereocenters. The summed E-state index contributed by atoms with van der Waals surface area (Å²) in [6.45, 7) is 5.10. The summed E-state index contributed by atoms with van der Waals surface area (Å²) in [6.07, 6.45) is 4.16. The van der Waals surface area contributed by atoms with E-state index < -0.39 is 0 Å². The van der Waals surface area contributed by atoms with Crippen molar-refractivity contribution < 1.29 is 4.79 Å². The fourth-order valence-electron chi connectivity index (χ4n) is 4.15. The van der Waals surface area contributed by atoms with Gasteiger partial charge in [-0.05, 0) is 37.1 Å². The third kappa shape index (κ3) is 3.84. The number of nitrogens with zero attached hydrogens (tertiary/aromatic N) is 3. The Kier molecular flexibility index (Phi) is 5.41. The van der Waals surface area contributed by atoms with Crippen molar-refractivity contribution >= 4 is 17.2 Å². The zero-order valence-corrected chi connectivity index (χ0v) is 16.6. The average molecular weight is 387 g/mol. The largest absolute Gasteiger partial charge is 0.333 e. The molecule has 6 nitrogen and oxygen atoms in total. The molecule has 0 spiro atoms. The Labute approximate surface area is 163 Å². The molecular weight excluding hydrogens is 360 g/mol. The Morgan fingerprint density at radius 3 is 3.04 bits per heavy atom. The molecule has 1 saturated heterocycles. The Hall–Kier alpha value is -1.99. The maximum Gasteiger partial charge on any atom is 0.254 e. The van der Waals surface area contributed by atoms with Gasteiger partial charge in [0.2, 0.25) is 5.91 Å². The monoisotopic (exact) mass is 386 g/mol. The van der Waals surface area contributed by atoms with Gasteiger partial charge in [-0.15, -0.1) is 11.3 Å². The summed E-state index contributed by atoms with van der Waals surface area (Å²) in [4.78, 5) is 38.5. The summed E-state index contributed by atoms with van der Waals surface area (Å²) in [6, 6.07) is 4.12. The molecule has 2 aromatic rings. The van der Waals surface area contributed by atoms with Crippen LogP contribution in [0, 0.1) is 0 Å². The quantitative estimate of drug-likeness (QED) is 0.877. The number of aromatic nitrogens is 2. The SMILES string of the molecule is CCC(=O)N1CCCC[C@@H]1c1nc2c(c(=O)[nH]1)CCN(Cc1cccs1)C2. The molecule has 2 aliphatic heterocycles. The first-order valence-corrected chi connectivity index (χ1v) is 10.7. The third-order valence-electron chi connectivity index (χ3n) is 5.57. The minimum absolute atomic E-state index is 0.0276. The Morgan fingerprint density at radius 1 is 1.37 bits per heavy atom. The summed E-state index contributed by atoms with van der Waals surface area (Å²) in [5.41, 5.74) is 1.66. The average Bonchev–Trinajstić information content (AvgIpc) is 3.20. The molecule has 2 aromatic heterocycles. The van der Waals surface area contributed by atoms with Crippen LogP contribution in [0.5, 0.6) is 0 Å². The highest BCUT2D eigenvalue weighted by Gasteiger charge is 2.30. The normalized spacial score (nSPS) is 20.5. The van der Waals surface area contributed by atoms with E-state index >= 15 is 0 Å². The van der Waals surface area contributed by atoms with Crippen LogP contribution < -0.4 is 5.56 Å². The van der Waals surface area contributed by atoms with Crippen molar-refractivity contribution in [2.24, 2.45) is 0 Å². The van der Waals surface area contributed by atoms with Gasteiger partial charge in [-0.3, -0.25) is 14.5 Å². The molecule has 0 radical (unpaired) electrons. The molecule has 1 fully saturated rings. The Balaban J connectivity index is 1.60. The highest BCUT2D eigenvalue weighted by molar-refractivity contribution is 7.09. The van der Waals surface area contributed by atoms with Crippen LogP contribution in [-0.4, -0.2) is 38.8 Å². The van der Waals surface area contributed by atoms with E-state index in [9.17, 15) is 9.59 Å². The van der Waals surface area contributed by atoms with E-state index in [0.717, 1.165) is 56.6 Å². The number of hydrogen-bond acceptors (Lipinski definition) is 5. The van der Waals surface area contributed by atoms with Crippen LogP contribution in [0.25, 0.3) is 0 Å². The lowest BCUT2D eigenvalue weighted by atomic mass is 10.00. The molecule has 1 amide bonds. The van der Waals surface area contributed by atoms with Crippen LogP contribution in [0.3, 0.4) is 0 Å². The van der Waals surface area contributed by atoms with Crippen molar-refractivity contribution in [3.05, 3.63) is 49.8 Å². The second kappa shape index (κ2) is 7.94. The van der Waals surface area contributed by atoms with Crippen LogP contribution in [0.15, 0.2) is 22.3 Å². The van der Waals surface area contributed by atoms with E-state index in [1.807, 2.05) is 11.8 Å². The van der Waals surface area contributed by atoms with Gasteiger partial charge in [-0.2, -0.15) is 0 Å². The van der Waals surface area contributed by atoms with Crippen LogP contribution in [0.2, 0.25) is 0 Å². The maximum atomic E-state index is 12.7. The number of likely N-dealkylation sites (tertiary alicyclic amines) is 1. The summed E-state index contributed by atoms with van der Waals surface area (Å²) >= 11 is 1.76. The van der Waals surface area contributed by atoms with Crippen molar-refractivity contribution in [2.45, 2.75) is 58.2 Å². The van der Waals surface area contributed by atoms with Gasteiger partial charge >= 0.3 is 0 Å². The summed E-state index contributed by atoms with van der Waals surface area (Å²) in [7, 11) is 0. The number of nitrogens with one attached hydrogen (secondary N) is 1. The highest BCUT2D eigenvalue weighted by Crippen LogP contribution is 2.30. The zero-order chi connectivity index (χ0) is 18.8. The first-order valence-electron chi connectivity index (χ1n) is 9.82. The zero-order valence-electron chi connectivity index (χ0n) is 15.7. The smallest absolute Gasteiger partial charge is 0.254 e. The number of fused-ring (bicyclic) bond motifs is 1. The van der Waals surface area contributed by atoms with E-state index in [0.29, 0.717) is 18.8 Å². The molecular formula is C20H26N4O2S. The summed E-state index contributed by atoms with van der Waals surface area (Å²) in [5, 5.41) is 2.09. The van der Waals surface area contributed by atoms with Crippen molar-refractivity contribution in [2.75, 3.05) is 13.1 Å². The predicted molar refractivity (Wildman–Crippen MR) is 106 cm³/mol. The number of hydrogen-bond donors (Lipinski definition) is 1. The number of aromatic amines is 1. The molecule has 1 N–H and O–H groups in total. The number of thiophene rings is 1. The van der Waals surface area contributed by atoms with E-state index in [2.05, 4.69) is 27.4 Å². The van der Waals surface area contributed by atoms with Crippen molar-refractivity contribution in [1.29, 1.82) is 0 Å². The van der Waals surface area contributed by atoms with Gasteiger partial charge in [0, 0.05) is 43.0 Å². The van der Waals surface area contributed by atoms with E-state index in [1.165, 1.54) is 4.88 Å². The second-order valence-electron chi connectivity index (χ2n) is 7.37. The van der Waals surface area contributed by atoms with Crippen LogP contribution in [-0.2, 0) is 24.3 Å². The predicted octanol–water partition coefficient (Wildman–Crippen LogP) is 2.85. The Bertz CT molecular complexity index is 861. The number of carbonyl (C=O) groups excluding carboxylic acids is 1. The lowest BCUT2D eigenvalue weighted by molar-refractivity contribution is -0.134. The molecule has 4 heterocycles. The first kappa shape index (κ1) is 18.4. The van der Waals surface area contributed by atoms with Gasteiger partial charge in [-0.1, -0.05) is 13.0 Å². The lowest BCUT2D eigenvalue weighted by Crippen LogP contribution is -2.41. The van der Waals surface area contributed by atoms with Gasteiger partial charge < -0.3 is 9.88 Å². The highest BCUT2D eigenvalue weighted by atomic mass is 32.1. The van der Waals surface area contributed by atoms with Gasteiger partial charge in [0.15, 0.2) is 0 Å². The summed E-state index contributed by atoms with van der Waals surface area (Å²) < 4.78 is 0. The minimum atomic E-state index is -0.100. The molecule has 27 heavy (non-hydrogen) atoms. The second-order valence-corrected chi connectivity index (χ2v) is 8.40. The first-order chi connectivity index (χ1) is 13.2. The van der Waals surface area contributed by atoms with Crippen molar-refractivity contribution in [1.82, 2.24) is 19.8 Å². The van der Waals surface area contributed by atoms with Gasteiger partial charge in [0.25, 0.3) is 5.56 Å². The molecule has 2 aliphatic rings. The molecule has 0 bridgehead atoms. The molecule has 0 saturated carbocycles. The van der Waals surface area contributed by atoms with Crippen molar-refractivity contribution in [3.63, 3.8) is 0 Å². The van der Waals surface area contributed by atoms with Crippen LogP contribution in [0.4, 0.5) is 0 Å². The maximum absolute atomic E-state index is 12.7. The number of carbonyl (C=O) groups is 1. The standard InChI is InChI=1S/C20H26N4O2S/c1-2-18(25)24-9-4-3-7-17(24)19-21-16-13-23(12-14-6-5-11-27-14)10-8-15(16)20(26)22-19/h5-6,11,17H,2-4,7-10,12-13H2,1H3,(H,21,22,26)/t17-/m1/s1. The fourth-order valence-corrected chi connectivity index (χ4v) is 4.89. The molecule has 4 rings (SSSR count). The molecule has 0 aliphatic carbocycles. The van der Waals surface area contributed by atoms with Crippen molar-refractivity contribution in [3.8, 4) is 0 Å². The minimum Gasteiger partial charge on any atom is -0.333 e. The van der Waals surface area contributed by atoms with E-state index in [-0.39, 0.29) is 17.5 Å². The van der Waals surface area contributed by atoms with Gasteiger partial charge in [-0.25, -0.2) is 4.98 Å². The molecule has 0 unspecified atom stereocenters. The van der Waals surface area contributed by atoms with Crippen LogP contribution >= 0.6 is 11.3 Å². The third-order valence-corrected chi connectivity index (χ3v) is 6.43. The molecule has 0 aromatic carbocycles. The van der Waals surface area contributed by atoms with Gasteiger partial charge in [0.05, 0.1) is 11.7 Å². The van der Waals surface area contributed by atoms with E-state index in [1.54, 1.807) is 11.3 Å². The topological polar surface area (TPSA) is 69.3 Å². The van der Waals surface area contributed by atoms with Gasteiger partial charge in [0.1, 0.15) is 5.82 Å². The Morgan fingerprint density at radius 2 is 2.26 bits per heavy atom. The number of amides is 1. The van der Waals surface area contributed by atoms with E-state index in [4.69, 9.17) is 4.98 Å². The number of rotatable bonds is 4. The number of piperidine rings is 1. The fraction of sp³-hybridized carbons (Fsp3) is 0.550. The lowest BCUT2D eigenvalue weighted by Gasteiger charge is -2.35.